The number of halogens is 2. The summed E-state index contributed by atoms with van der Waals surface area (Å²) in [5.41, 5.74) is 2.20. The molecule has 0 saturated heterocycles. The number of aromatic nitrogens is 2. The highest BCUT2D eigenvalue weighted by Gasteiger charge is 2.11. The molecule has 0 fully saturated rings. The Kier molecular flexibility index (Phi) is 6.27. The summed E-state index contributed by atoms with van der Waals surface area (Å²) in [5, 5.41) is 4.06. The van der Waals surface area contributed by atoms with Gasteiger partial charge in [-0.15, -0.1) is 0 Å². The summed E-state index contributed by atoms with van der Waals surface area (Å²) in [6.45, 7) is 5.00. The number of rotatable bonds is 7. The topological polar surface area (TPSA) is 40.7 Å². The maximum Gasteiger partial charge on any atom is 0.151 e. The number of unbranched alkanes of at least 4 members (excludes halogenated alkanes) is 1. The molecule has 0 aliphatic rings. The number of aryl methyl sites for hydroxylation is 1. The third-order valence-corrected chi connectivity index (χ3v) is 4.54. The highest BCUT2D eigenvalue weighted by Crippen LogP contribution is 2.23. The lowest BCUT2D eigenvalue weighted by atomic mass is 10.1. The van der Waals surface area contributed by atoms with E-state index in [9.17, 15) is 0 Å². The van der Waals surface area contributed by atoms with E-state index in [1.807, 2.05) is 12.1 Å². The van der Waals surface area contributed by atoms with Crippen molar-refractivity contribution in [3.8, 4) is 0 Å². The Labute approximate surface area is 139 Å². The molecule has 0 amide bonds. The number of aromatic amines is 1. The first kappa shape index (κ1) is 16.5. The van der Waals surface area contributed by atoms with Crippen LogP contribution in [0.25, 0.3) is 0 Å². The SMILES string of the molecule is CCCCc1nc(Cl)c(CNC(C)c2ccccc2Br)[nH]1. The average molecular weight is 371 g/mol. The van der Waals surface area contributed by atoms with E-state index in [1.165, 1.54) is 5.56 Å². The maximum atomic E-state index is 6.19. The van der Waals surface area contributed by atoms with E-state index in [0.29, 0.717) is 11.7 Å². The highest BCUT2D eigenvalue weighted by molar-refractivity contribution is 9.10. The number of H-pyrrole nitrogens is 1. The monoisotopic (exact) mass is 369 g/mol. The lowest BCUT2D eigenvalue weighted by molar-refractivity contribution is 0.566. The molecule has 1 aromatic heterocycles. The Morgan fingerprint density at radius 2 is 2.14 bits per heavy atom. The summed E-state index contributed by atoms with van der Waals surface area (Å²) in [5.74, 6) is 0.979. The van der Waals surface area contributed by atoms with Gasteiger partial charge in [0.25, 0.3) is 0 Å². The molecule has 1 aromatic carbocycles. The quantitative estimate of drug-likeness (QED) is 0.718. The van der Waals surface area contributed by atoms with Crippen LogP contribution in [-0.4, -0.2) is 9.97 Å². The Morgan fingerprint density at radius 1 is 1.38 bits per heavy atom. The van der Waals surface area contributed by atoms with Crippen LogP contribution >= 0.6 is 27.5 Å². The van der Waals surface area contributed by atoms with Crippen molar-refractivity contribution in [1.29, 1.82) is 0 Å². The number of imidazole rings is 1. The number of hydrogen-bond donors (Lipinski definition) is 2. The molecule has 5 heteroatoms. The number of hydrogen-bond acceptors (Lipinski definition) is 2. The summed E-state index contributed by atoms with van der Waals surface area (Å²) >= 11 is 9.78. The Balaban J connectivity index is 1.96. The summed E-state index contributed by atoms with van der Waals surface area (Å²) in [7, 11) is 0. The van der Waals surface area contributed by atoms with Crippen LogP contribution in [0.3, 0.4) is 0 Å². The van der Waals surface area contributed by atoms with Gasteiger partial charge in [0.05, 0.1) is 5.69 Å². The van der Waals surface area contributed by atoms with Crippen molar-refractivity contribution in [3.05, 3.63) is 51.0 Å². The van der Waals surface area contributed by atoms with Gasteiger partial charge in [0.2, 0.25) is 0 Å². The van der Waals surface area contributed by atoms with Gasteiger partial charge in [-0.05, 0) is 25.0 Å². The minimum Gasteiger partial charge on any atom is -0.344 e. The van der Waals surface area contributed by atoms with E-state index in [2.05, 4.69) is 57.2 Å². The fraction of sp³-hybridized carbons (Fsp3) is 0.438. The van der Waals surface area contributed by atoms with Crippen molar-refractivity contribution in [3.63, 3.8) is 0 Å². The molecule has 114 valence electrons. The molecule has 0 aliphatic carbocycles. The molecular formula is C16H21BrClN3. The molecule has 1 atom stereocenters. The molecule has 21 heavy (non-hydrogen) atoms. The van der Waals surface area contributed by atoms with Gasteiger partial charge in [-0.2, -0.15) is 0 Å². The molecule has 0 radical (unpaired) electrons. The second-order valence-corrected chi connectivity index (χ2v) is 6.39. The molecule has 0 saturated carbocycles. The van der Waals surface area contributed by atoms with Crippen molar-refractivity contribution in [1.82, 2.24) is 15.3 Å². The van der Waals surface area contributed by atoms with Gasteiger partial charge in [0.1, 0.15) is 5.82 Å². The van der Waals surface area contributed by atoms with E-state index in [0.717, 1.165) is 35.3 Å². The van der Waals surface area contributed by atoms with Gasteiger partial charge < -0.3 is 10.3 Å². The second kappa shape index (κ2) is 7.97. The zero-order valence-electron chi connectivity index (χ0n) is 12.4. The average Bonchev–Trinajstić information content (AvgIpc) is 2.83. The standard InChI is InChI=1S/C16H21BrClN3/c1-3-4-9-15-20-14(16(18)21-15)10-19-11(2)12-7-5-6-8-13(12)17/h5-8,11,19H,3-4,9-10H2,1-2H3,(H,20,21). The van der Waals surface area contributed by atoms with Gasteiger partial charge in [-0.1, -0.05) is 59.1 Å². The van der Waals surface area contributed by atoms with Gasteiger partial charge in [0, 0.05) is 23.5 Å². The van der Waals surface area contributed by atoms with Gasteiger partial charge in [0.15, 0.2) is 5.15 Å². The van der Waals surface area contributed by atoms with E-state index < -0.39 is 0 Å². The Bertz CT molecular complexity index is 583. The van der Waals surface area contributed by atoms with Crippen LogP contribution in [0.4, 0.5) is 0 Å². The predicted octanol–water partition coefficient (Wildman–Crippen LogP) is 5.02. The highest BCUT2D eigenvalue weighted by atomic mass is 79.9. The Hall–Kier alpha value is -0.840. The van der Waals surface area contributed by atoms with Gasteiger partial charge >= 0.3 is 0 Å². The zero-order valence-corrected chi connectivity index (χ0v) is 14.8. The molecule has 2 aromatic rings. The van der Waals surface area contributed by atoms with Crippen LogP contribution in [0, 0.1) is 0 Å². The van der Waals surface area contributed by atoms with Crippen molar-refractivity contribution in [2.24, 2.45) is 0 Å². The number of nitrogens with one attached hydrogen (secondary N) is 2. The molecule has 3 nitrogen and oxygen atoms in total. The number of nitrogens with zero attached hydrogens (tertiary/aromatic N) is 1. The lowest BCUT2D eigenvalue weighted by Gasteiger charge is -2.15. The third-order valence-electron chi connectivity index (χ3n) is 3.50. The second-order valence-electron chi connectivity index (χ2n) is 5.18. The molecule has 2 N–H and O–H groups in total. The molecule has 1 unspecified atom stereocenters. The van der Waals surface area contributed by atoms with Gasteiger partial charge in [-0.3, -0.25) is 0 Å². The molecule has 0 bridgehead atoms. The largest absolute Gasteiger partial charge is 0.344 e. The van der Waals surface area contributed by atoms with E-state index in [1.54, 1.807) is 0 Å². The van der Waals surface area contributed by atoms with Crippen LogP contribution in [0.15, 0.2) is 28.7 Å². The van der Waals surface area contributed by atoms with E-state index in [4.69, 9.17) is 11.6 Å². The minimum absolute atomic E-state index is 0.235. The zero-order chi connectivity index (χ0) is 15.2. The third kappa shape index (κ3) is 4.56. The number of benzene rings is 1. The molecular weight excluding hydrogens is 350 g/mol. The van der Waals surface area contributed by atoms with Gasteiger partial charge in [-0.25, -0.2) is 4.98 Å². The molecule has 2 rings (SSSR count). The van der Waals surface area contributed by atoms with Crippen LogP contribution in [0.2, 0.25) is 5.15 Å². The maximum absolute atomic E-state index is 6.19. The summed E-state index contributed by atoms with van der Waals surface area (Å²) in [4.78, 5) is 7.70. The molecule has 1 heterocycles. The van der Waals surface area contributed by atoms with Crippen molar-refractivity contribution in [2.75, 3.05) is 0 Å². The van der Waals surface area contributed by atoms with Crippen molar-refractivity contribution >= 4 is 27.5 Å². The van der Waals surface area contributed by atoms with Crippen molar-refractivity contribution < 1.29 is 0 Å². The fourth-order valence-electron chi connectivity index (χ4n) is 2.21. The van der Waals surface area contributed by atoms with Crippen LogP contribution in [0.1, 0.15) is 49.8 Å². The van der Waals surface area contributed by atoms with Crippen LogP contribution in [0.5, 0.6) is 0 Å². The summed E-state index contributed by atoms with van der Waals surface area (Å²) in [6, 6.07) is 8.47. The lowest BCUT2D eigenvalue weighted by Crippen LogP contribution is -2.18. The normalized spacial score (nSPS) is 12.6. The first-order valence-electron chi connectivity index (χ1n) is 7.32. The van der Waals surface area contributed by atoms with Crippen LogP contribution < -0.4 is 5.32 Å². The van der Waals surface area contributed by atoms with E-state index >= 15 is 0 Å². The summed E-state index contributed by atoms with van der Waals surface area (Å²) in [6.07, 6.45) is 3.24. The molecule has 0 spiro atoms. The van der Waals surface area contributed by atoms with E-state index in [-0.39, 0.29) is 6.04 Å². The fourth-order valence-corrected chi connectivity index (χ4v) is 3.06. The first-order valence-corrected chi connectivity index (χ1v) is 8.50. The first-order chi connectivity index (χ1) is 10.1. The molecule has 0 aliphatic heterocycles. The minimum atomic E-state index is 0.235. The smallest absolute Gasteiger partial charge is 0.151 e. The summed E-state index contributed by atoms with van der Waals surface area (Å²) < 4.78 is 1.12. The van der Waals surface area contributed by atoms with Crippen LogP contribution in [-0.2, 0) is 13.0 Å². The van der Waals surface area contributed by atoms with Crippen molar-refractivity contribution in [2.45, 2.75) is 45.7 Å². The predicted molar refractivity (Wildman–Crippen MR) is 91.6 cm³/mol. The Morgan fingerprint density at radius 3 is 2.86 bits per heavy atom.